The monoisotopic (exact) mass is 446 g/mol. The van der Waals surface area contributed by atoms with Crippen molar-refractivity contribution in [2.24, 2.45) is 0 Å². The molecular formula is C22H26N10O. The van der Waals surface area contributed by atoms with Gasteiger partial charge in [-0.2, -0.15) is 20.1 Å². The van der Waals surface area contributed by atoms with E-state index in [2.05, 4.69) is 47.1 Å². The minimum atomic E-state index is 0.260. The average Bonchev–Trinajstić information content (AvgIpc) is 3.56. The molecule has 0 saturated carbocycles. The van der Waals surface area contributed by atoms with Gasteiger partial charge in [-0.15, -0.1) is 0 Å². The van der Waals surface area contributed by atoms with Gasteiger partial charge in [0.05, 0.1) is 17.9 Å². The molecule has 0 aromatic carbocycles. The van der Waals surface area contributed by atoms with Crippen LogP contribution in [0, 0.1) is 6.92 Å². The van der Waals surface area contributed by atoms with E-state index in [9.17, 15) is 0 Å². The van der Waals surface area contributed by atoms with E-state index < -0.39 is 0 Å². The zero-order valence-electron chi connectivity index (χ0n) is 18.7. The molecule has 4 aromatic heterocycles. The van der Waals surface area contributed by atoms with Crippen molar-refractivity contribution in [3.05, 3.63) is 60.3 Å². The summed E-state index contributed by atoms with van der Waals surface area (Å²) in [5.74, 6) is 2.20. The number of piperidine rings is 1. The number of rotatable bonds is 7. The van der Waals surface area contributed by atoms with Crippen LogP contribution in [0.4, 0.5) is 5.95 Å². The van der Waals surface area contributed by atoms with Gasteiger partial charge in [-0.05, 0) is 43.9 Å². The number of nitrogens with zero attached hydrogens (tertiary/aromatic N) is 10. The lowest BCUT2D eigenvalue weighted by atomic mass is 10.1. The zero-order chi connectivity index (χ0) is 22.6. The van der Waals surface area contributed by atoms with Gasteiger partial charge in [-0.3, -0.25) is 0 Å². The molecule has 1 fully saturated rings. The molecule has 5 heterocycles. The predicted molar refractivity (Wildman–Crippen MR) is 120 cm³/mol. The molecule has 0 aliphatic carbocycles. The van der Waals surface area contributed by atoms with Gasteiger partial charge in [-0.1, -0.05) is 6.92 Å². The highest BCUT2D eigenvalue weighted by Gasteiger charge is 2.23. The first-order chi connectivity index (χ1) is 16.2. The van der Waals surface area contributed by atoms with E-state index in [-0.39, 0.29) is 6.04 Å². The van der Waals surface area contributed by atoms with Gasteiger partial charge < -0.3 is 9.64 Å². The summed E-state index contributed by atoms with van der Waals surface area (Å²) in [6.45, 7) is 6.11. The van der Waals surface area contributed by atoms with Crippen molar-refractivity contribution in [2.75, 3.05) is 18.0 Å². The van der Waals surface area contributed by atoms with E-state index in [0.717, 1.165) is 55.3 Å². The summed E-state index contributed by atoms with van der Waals surface area (Å²) >= 11 is 0. The first kappa shape index (κ1) is 21.0. The molecule has 1 saturated heterocycles. The Morgan fingerprint density at radius 1 is 1.06 bits per heavy atom. The number of pyridine rings is 1. The number of hydrogen-bond acceptors (Lipinski definition) is 9. The number of anilines is 1. The van der Waals surface area contributed by atoms with Crippen molar-refractivity contribution in [3.63, 3.8) is 0 Å². The lowest BCUT2D eigenvalue weighted by Gasteiger charge is -2.31. The van der Waals surface area contributed by atoms with Gasteiger partial charge in [0.1, 0.15) is 30.7 Å². The van der Waals surface area contributed by atoms with Crippen LogP contribution in [0.5, 0.6) is 5.75 Å². The fourth-order valence-corrected chi connectivity index (χ4v) is 3.84. The first-order valence-electron chi connectivity index (χ1n) is 11.1. The summed E-state index contributed by atoms with van der Waals surface area (Å²) < 4.78 is 7.55. The molecule has 5 rings (SSSR count). The summed E-state index contributed by atoms with van der Waals surface area (Å²) in [5, 5.41) is 13.2. The molecule has 0 radical (unpaired) electrons. The quantitative estimate of drug-likeness (QED) is 0.422. The van der Waals surface area contributed by atoms with Gasteiger partial charge in [0.2, 0.25) is 5.95 Å². The molecule has 0 atom stereocenters. The van der Waals surface area contributed by atoms with Crippen molar-refractivity contribution in [2.45, 2.75) is 45.8 Å². The van der Waals surface area contributed by atoms with Gasteiger partial charge in [-0.25, -0.2) is 24.6 Å². The molecule has 170 valence electrons. The van der Waals surface area contributed by atoms with Crippen molar-refractivity contribution in [3.8, 4) is 11.6 Å². The Labute approximate surface area is 191 Å². The second-order valence-corrected chi connectivity index (χ2v) is 8.00. The molecule has 0 amide bonds. The molecule has 4 aromatic rings. The van der Waals surface area contributed by atoms with Crippen molar-refractivity contribution in [1.82, 2.24) is 44.7 Å². The maximum atomic E-state index is 5.94. The lowest BCUT2D eigenvalue weighted by Crippen LogP contribution is -2.36. The Bertz CT molecular complexity index is 1180. The predicted octanol–water partition coefficient (Wildman–Crippen LogP) is 2.34. The molecule has 0 N–H and O–H groups in total. The summed E-state index contributed by atoms with van der Waals surface area (Å²) in [7, 11) is 0. The number of aromatic nitrogens is 9. The third kappa shape index (κ3) is 4.66. The largest absolute Gasteiger partial charge is 0.485 e. The lowest BCUT2D eigenvalue weighted by molar-refractivity contribution is 0.289. The average molecular weight is 447 g/mol. The smallest absolute Gasteiger partial charge is 0.225 e. The summed E-state index contributed by atoms with van der Waals surface area (Å²) in [6.07, 6.45) is 11.5. The van der Waals surface area contributed by atoms with Crippen LogP contribution >= 0.6 is 0 Å². The van der Waals surface area contributed by atoms with Gasteiger partial charge in [0.15, 0.2) is 5.82 Å². The second kappa shape index (κ2) is 9.31. The van der Waals surface area contributed by atoms with E-state index in [0.29, 0.717) is 18.2 Å². The SMILES string of the molecule is CCc1cnc(N2CCC(n3ncc(COc4ccc(-n5cncn5)nc4C)n3)CC2)nc1. The Morgan fingerprint density at radius 2 is 1.88 bits per heavy atom. The highest BCUT2D eigenvalue weighted by molar-refractivity contribution is 5.34. The molecule has 0 spiro atoms. The summed E-state index contributed by atoms with van der Waals surface area (Å²) in [5.41, 5.74) is 2.72. The number of aryl methyl sites for hydroxylation is 2. The van der Waals surface area contributed by atoms with Crippen LogP contribution in [-0.2, 0) is 13.0 Å². The maximum absolute atomic E-state index is 5.94. The fraction of sp³-hybridized carbons (Fsp3) is 0.409. The third-order valence-electron chi connectivity index (χ3n) is 5.78. The Morgan fingerprint density at radius 3 is 2.58 bits per heavy atom. The van der Waals surface area contributed by atoms with Crippen LogP contribution in [0.3, 0.4) is 0 Å². The van der Waals surface area contributed by atoms with E-state index in [1.54, 1.807) is 17.2 Å². The van der Waals surface area contributed by atoms with E-state index in [1.165, 1.54) is 6.33 Å². The molecule has 0 bridgehead atoms. The summed E-state index contributed by atoms with van der Waals surface area (Å²) in [6, 6.07) is 3.99. The van der Waals surface area contributed by atoms with Crippen molar-refractivity contribution >= 4 is 5.95 Å². The first-order valence-corrected chi connectivity index (χ1v) is 11.1. The zero-order valence-corrected chi connectivity index (χ0v) is 18.7. The Kier molecular flexibility index (Phi) is 5.92. The Balaban J connectivity index is 1.16. The third-order valence-corrected chi connectivity index (χ3v) is 5.78. The van der Waals surface area contributed by atoms with Crippen LogP contribution in [-0.4, -0.2) is 57.8 Å². The Hall–Kier alpha value is -3.89. The van der Waals surface area contributed by atoms with Crippen LogP contribution in [0.1, 0.15) is 42.8 Å². The van der Waals surface area contributed by atoms with Crippen molar-refractivity contribution < 1.29 is 4.74 Å². The minimum absolute atomic E-state index is 0.260. The van der Waals surface area contributed by atoms with Crippen LogP contribution in [0.15, 0.2) is 43.4 Å². The van der Waals surface area contributed by atoms with Crippen LogP contribution in [0.25, 0.3) is 5.82 Å². The number of ether oxygens (including phenoxy) is 1. The molecule has 1 aliphatic heterocycles. The number of hydrogen-bond donors (Lipinski definition) is 0. The standard InChI is InChI=1S/C22H26N10O/c1-3-17-10-24-22(25-11-17)30-8-6-19(7-9-30)32-26-12-18(29-32)13-33-20-4-5-21(28-16(20)2)31-15-23-14-27-31/h4-5,10-12,14-15,19H,3,6-9,13H2,1-2H3. The maximum Gasteiger partial charge on any atom is 0.225 e. The van der Waals surface area contributed by atoms with Gasteiger partial charge in [0, 0.05) is 25.5 Å². The van der Waals surface area contributed by atoms with Gasteiger partial charge >= 0.3 is 0 Å². The highest BCUT2D eigenvalue weighted by Crippen LogP contribution is 2.24. The topological polar surface area (TPSA) is 113 Å². The minimum Gasteiger partial charge on any atom is -0.485 e. The van der Waals surface area contributed by atoms with Gasteiger partial charge in [0.25, 0.3) is 0 Å². The molecular weight excluding hydrogens is 420 g/mol. The highest BCUT2D eigenvalue weighted by atomic mass is 16.5. The second-order valence-electron chi connectivity index (χ2n) is 8.00. The molecule has 11 nitrogen and oxygen atoms in total. The molecule has 11 heteroatoms. The molecule has 0 unspecified atom stereocenters. The molecule has 33 heavy (non-hydrogen) atoms. The molecule has 1 aliphatic rings. The summed E-state index contributed by atoms with van der Waals surface area (Å²) in [4.78, 5) is 21.5. The van der Waals surface area contributed by atoms with Crippen LogP contribution in [0.2, 0.25) is 0 Å². The fourth-order valence-electron chi connectivity index (χ4n) is 3.84. The van der Waals surface area contributed by atoms with Crippen LogP contribution < -0.4 is 9.64 Å². The van der Waals surface area contributed by atoms with E-state index >= 15 is 0 Å². The van der Waals surface area contributed by atoms with E-state index in [1.807, 2.05) is 36.2 Å². The van der Waals surface area contributed by atoms with E-state index in [4.69, 9.17) is 4.74 Å². The van der Waals surface area contributed by atoms with Crippen molar-refractivity contribution in [1.29, 1.82) is 0 Å². The normalized spacial score (nSPS) is 14.5.